The van der Waals surface area contributed by atoms with Crippen LogP contribution in [0.25, 0.3) is 0 Å². The Hall–Kier alpha value is -3.48. The van der Waals surface area contributed by atoms with Crippen molar-refractivity contribution in [2.24, 2.45) is 0 Å². The van der Waals surface area contributed by atoms with E-state index in [-0.39, 0.29) is 31.3 Å². The van der Waals surface area contributed by atoms with Crippen LogP contribution in [-0.2, 0) is 14.3 Å². The number of unbranched alkanes of at least 4 members (excludes halogenated alkanes) is 19. The first-order valence-corrected chi connectivity index (χ1v) is 27.1. The number of allylic oxidation sites excluding steroid dienone is 18. The Labute approximate surface area is 407 Å². The molecular formula is C60H101NO5. The van der Waals surface area contributed by atoms with Gasteiger partial charge in [0.15, 0.2) is 0 Å². The van der Waals surface area contributed by atoms with Gasteiger partial charge in [0.25, 0.3) is 0 Å². The Morgan fingerprint density at radius 1 is 0.470 bits per heavy atom. The van der Waals surface area contributed by atoms with E-state index in [0.29, 0.717) is 19.3 Å². The second kappa shape index (κ2) is 52.5. The normalized spacial score (nSPS) is 14.1. The smallest absolute Gasteiger partial charge is 0.306 e. The molecule has 0 radical (unpaired) electrons. The van der Waals surface area contributed by atoms with Crippen molar-refractivity contribution in [2.75, 3.05) is 6.61 Å². The average Bonchev–Trinajstić information content (AvgIpc) is 3.31. The van der Waals surface area contributed by atoms with Crippen LogP contribution in [0.15, 0.2) is 109 Å². The summed E-state index contributed by atoms with van der Waals surface area (Å²) in [5, 5.41) is 23.8. The molecule has 0 spiro atoms. The molecule has 0 aliphatic carbocycles. The fraction of sp³-hybridized carbons (Fsp3) is 0.667. The molecule has 6 heteroatoms. The van der Waals surface area contributed by atoms with E-state index >= 15 is 0 Å². The highest BCUT2D eigenvalue weighted by atomic mass is 16.5. The van der Waals surface area contributed by atoms with Crippen LogP contribution in [0.3, 0.4) is 0 Å². The first kappa shape index (κ1) is 62.5. The Morgan fingerprint density at radius 3 is 1.35 bits per heavy atom. The van der Waals surface area contributed by atoms with Crippen LogP contribution in [0, 0.1) is 0 Å². The summed E-state index contributed by atoms with van der Waals surface area (Å²) >= 11 is 0. The van der Waals surface area contributed by atoms with Crippen molar-refractivity contribution in [1.82, 2.24) is 5.32 Å². The lowest BCUT2D eigenvalue weighted by molar-refractivity contribution is -0.150. The summed E-state index contributed by atoms with van der Waals surface area (Å²) in [6.45, 7) is 6.32. The largest absolute Gasteiger partial charge is 0.462 e. The Kier molecular flexibility index (Phi) is 49.7. The van der Waals surface area contributed by atoms with Crippen molar-refractivity contribution in [3.8, 4) is 0 Å². The summed E-state index contributed by atoms with van der Waals surface area (Å²) in [6.07, 6.45) is 71.5. The number of aliphatic hydroxyl groups is 2. The maximum absolute atomic E-state index is 13.2. The molecule has 0 aromatic carbocycles. The van der Waals surface area contributed by atoms with Gasteiger partial charge < -0.3 is 20.3 Å². The zero-order valence-electron chi connectivity index (χ0n) is 42.8. The third-order valence-electron chi connectivity index (χ3n) is 11.7. The first-order valence-electron chi connectivity index (χ1n) is 27.1. The number of nitrogens with one attached hydrogen (secondary N) is 1. The molecule has 0 bridgehead atoms. The number of amides is 1. The van der Waals surface area contributed by atoms with E-state index in [1.165, 1.54) is 89.9 Å². The third-order valence-corrected chi connectivity index (χ3v) is 11.7. The molecule has 0 aromatic heterocycles. The predicted molar refractivity (Wildman–Crippen MR) is 287 cm³/mol. The van der Waals surface area contributed by atoms with E-state index in [2.05, 4.69) is 129 Å². The lowest BCUT2D eigenvalue weighted by atomic mass is 10.0. The number of hydrogen-bond donors (Lipinski definition) is 3. The first-order chi connectivity index (χ1) is 32.5. The molecule has 66 heavy (non-hydrogen) atoms. The van der Waals surface area contributed by atoms with Gasteiger partial charge in [-0.05, 0) is 89.9 Å². The number of hydrogen-bond acceptors (Lipinski definition) is 5. The molecule has 0 aromatic rings. The van der Waals surface area contributed by atoms with Crippen molar-refractivity contribution in [3.05, 3.63) is 109 Å². The van der Waals surface area contributed by atoms with Gasteiger partial charge in [-0.25, -0.2) is 0 Å². The maximum Gasteiger partial charge on any atom is 0.306 e. The molecule has 0 aliphatic rings. The Morgan fingerprint density at radius 2 is 0.879 bits per heavy atom. The van der Waals surface area contributed by atoms with Gasteiger partial charge in [0.1, 0.15) is 6.10 Å². The minimum Gasteiger partial charge on any atom is -0.462 e. The van der Waals surface area contributed by atoms with Crippen LogP contribution in [-0.4, -0.2) is 46.9 Å². The maximum atomic E-state index is 13.2. The van der Waals surface area contributed by atoms with Gasteiger partial charge in [0.2, 0.25) is 5.91 Å². The van der Waals surface area contributed by atoms with E-state index in [4.69, 9.17) is 4.74 Å². The monoisotopic (exact) mass is 916 g/mol. The number of rotatable bonds is 47. The van der Waals surface area contributed by atoms with Crippen LogP contribution < -0.4 is 5.32 Å². The van der Waals surface area contributed by atoms with Crippen LogP contribution in [0.5, 0.6) is 0 Å². The highest BCUT2D eigenvalue weighted by molar-refractivity contribution is 5.77. The zero-order valence-corrected chi connectivity index (χ0v) is 42.8. The summed E-state index contributed by atoms with van der Waals surface area (Å²) < 4.78 is 5.89. The molecule has 3 unspecified atom stereocenters. The summed E-state index contributed by atoms with van der Waals surface area (Å²) in [4.78, 5) is 26.2. The van der Waals surface area contributed by atoms with E-state index < -0.39 is 18.2 Å². The minimum absolute atomic E-state index is 0.0183. The molecule has 0 rings (SSSR count). The summed E-state index contributed by atoms with van der Waals surface area (Å²) in [5.74, 6) is -0.615. The SMILES string of the molecule is CC/C=C\C/C=C\C/C=C\C/C=C\C/C=C\C/C=C\CCC(=O)OC(CCCCC/C=C/C=C/C=C/CCCCCCC)CC(=O)NC(CO)C(O)CCCCCCCCCCCCCC. The molecule has 0 heterocycles. The van der Waals surface area contributed by atoms with Gasteiger partial charge in [-0.2, -0.15) is 0 Å². The zero-order chi connectivity index (χ0) is 48.1. The van der Waals surface area contributed by atoms with E-state index in [9.17, 15) is 19.8 Å². The molecule has 1 amide bonds. The minimum atomic E-state index is -0.816. The molecule has 6 nitrogen and oxygen atoms in total. The van der Waals surface area contributed by atoms with Gasteiger partial charge in [-0.15, -0.1) is 0 Å². The average molecular weight is 916 g/mol. The fourth-order valence-corrected chi connectivity index (χ4v) is 7.57. The van der Waals surface area contributed by atoms with Gasteiger partial charge in [-0.1, -0.05) is 239 Å². The number of esters is 1. The number of ether oxygens (including phenoxy) is 1. The van der Waals surface area contributed by atoms with Crippen LogP contribution in [0.4, 0.5) is 0 Å². The Balaban J connectivity index is 4.79. The summed E-state index contributed by atoms with van der Waals surface area (Å²) in [6, 6.07) is -0.735. The Bertz CT molecular complexity index is 1350. The van der Waals surface area contributed by atoms with Crippen molar-refractivity contribution >= 4 is 11.9 Å². The van der Waals surface area contributed by atoms with Gasteiger partial charge in [-0.3, -0.25) is 9.59 Å². The van der Waals surface area contributed by atoms with Crippen molar-refractivity contribution < 1.29 is 24.5 Å². The standard InChI is InChI=1S/C60H101NO5/c1-4-7-10-13-16-19-22-25-27-29-30-31-33-35-38-41-44-47-50-53-60(65)66-56(51-48-45-42-39-36-34-32-28-26-23-20-17-14-11-8-5-2)54-59(64)61-57(55-62)58(63)52-49-46-43-40-37-24-21-18-15-12-9-6-3/h7,10,16,19,23,25-28,30-32,34-36,38,44,47,56-58,62-63H,4-6,8-9,11-15,17-18,20-22,24,29,33,37,39-43,45-46,48-55H2,1-3H3,(H,61,64)/b10-7-,19-16-,26-23+,27-25-,31-30-,32-28+,36-34+,38-35-,47-44-. The second-order valence-electron chi connectivity index (χ2n) is 18.0. The summed E-state index contributed by atoms with van der Waals surface area (Å²) in [7, 11) is 0. The van der Waals surface area contributed by atoms with Crippen molar-refractivity contribution in [1.29, 1.82) is 0 Å². The molecule has 3 N–H and O–H groups in total. The van der Waals surface area contributed by atoms with Crippen LogP contribution >= 0.6 is 0 Å². The highest BCUT2D eigenvalue weighted by Gasteiger charge is 2.24. The van der Waals surface area contributed by atoms with Gasteiger partial charge in [0.05, 0.1) is 25.2 Å². The van der Waals surface area contributed by atoms with Gasteiger partial charge in [0, 0.05) is 6.42 Å². The predicted octanol–water partition coefficient (Wildman–Crippen LogP) is 16.7. The molecular weight excluding hydrogens is 815 g/mol. The van der Waals surface area contributed by atoms with E-state index in [1.807, 2.05) is 6.08 Å². The summed E-state index contributed by atoms with van der Waals surface area (Å²) in [5.41, 5.74) is 0. The molecule has 3 atom stereocenters. The lowest BCUT2D eigenvalue weighted by Crippen LogP contribution is -2.46. The van der Waals surface area contributed by atoms with E-state index in [0.717, 1.165) is 89.9 Å². The number of aliphatic hydroxyl groups excluding tert-OH is 2. The quantitative estimate of drug-likeness (QED) is 0.0245. The lowest BCUT2D eigenvalue weighted by Gasteiger charge is -2.24. The molecule has 0 saturated heterocycles. The molecule has 376 valence electrons. The fourth-order valence-electron chi connectivity index (χ4n) is 7.57. The van der Waals surface area contributed by atoms with Crippen molar-refractivity contribution in [2.45, 2.75) is 251 Å². The van der Waals surface area contributed by atoms with E-state index in [1.54, 1.807) is 0 Å². The second-order valence-corrected chi connectivity index (χ2v) is 18.0. The number of carbonyl (C=O) groups is 2. The molecule has 0 saturated carbocycles. The highest BCUT2D eigenvalue weighted by Crippen LogP contribution is 2.16. The van der Waals surface area contributed by atoms with Gasteiger partial charge >= 0.3 is 5.97 Å². The topological polar surface area (TPSA) is 95.9 Å². The van der Waals surface area contributed by atoms with Crippen LogP contribution in [0.2, 0.25) is 0 Å². The van der Waals surface area contributed by atoms with Crippen molar-refractivity contribution in [3.63, 3.8) is 0 Å². The molecule has 0 fully saturated rings. The number of carbonyl (C=O) groups excluding carboxylic acids is 2. The third kappa shape index (κ3) is 47.0. The molecule has 0 aliphatic heterocycles. The van der Waals surface area contributed by atoms with Crippen LogP contribution in [0.1, 0.15) is 233 Å².